The number of benzene rings is 1. The molecule has 0 unspecified atom stereocenters. The summed E-state index contributed by atoms with van der Waals surface area (Å²) in [5.74, 6) is -0.850. The minimum atomic E-state index is -0.850. The topological polar surface area (TPSA) is 27.7 Å². The predicted octanol–water partition coefficient (Wildman–Crippen LogP) is 6.03. The van der Waals surface area contributed by atoms with E-state index >= 15 is 0 Å². The van der Waals surface area contributed by atoms with E-state index in [0.717, 1.165) is 12.8 Å². The average Bonchev–Trinajstić information content (AvgIpc) is 2.65. The molecule has 1 aromatic carbocycles. The zero-order valence-electron chi connectivity index (χ0n) is 16.8. The Balaban J connectivity index is 1.91. The number of hydrogen-bond acceptors (Lipinski definition) is 3. The minimum absolute atomic E-state index is 0.787. The Morgan fingerprint density at radius 1 is 0.640 bits per heavy atom. The molecule has 0 radical (unpaired) electrons. The molecule has 0 atom stereocenters. The first kappa shape index (κ1) is 22.1. The Morgan fingerprint density at radius 2 is 1.08 bits per heavy atom. The van der Waals surface area contributed by atoms with E-state index in [1.807, 2.05) is 0 Å². The molecule has 3 heteroatoms. The molecular weight excluding hydrogens is 312 g/mol. The van der Waals surface area contributed by atoms with Crippen molar-refractivity contribution in [1.82, 2.24) is 0 Å². The van der Waals surface area contributed by atoms with Gasteiger partial charge in [0.1, 0.15) is 0 Å². The zero-order chi connectivity index (χ0) is 18.4. The second-order valence-corrected chi connectivity index (χ2v) is 6.96. The monoisotopic (exact) mass is 350 g/mol. The lowest BCUT2D eigenvalue weighted by molar-refractivity contribution is -0.355. The molecule has 0 fully saturated rings. The van der Waals surface area contributed by atoms with Gasteiger partial charge in [-0.15, -0.1) is 0 Å². The molecule has 0 aromatic heterocycles. The molecule has 0 saturated carbocycles. The van der Waals surface area contributed by atoms with Crippen LogP contribution in [0.25, 0.3) is 0 Å². The molecule has 3 nitrogen and oxygen atoms in total. The van der Waals surface area contributed by atoms with Crippen LogP contribution in [0.2, 0.25) is 0 Å². The van der Waals surface area contributed by atoms with E-state index < -0.39 is 5.97 Å². The summed E-state index contributed by atoms with van der Waals surface area (Å²) in [6, 6.07) is 8.96. The van der Waals surface area contributed by atoms with Gasteiger partial charge in [0, 0.05) is 27.8 Å². The van der Waals surface area contributed by atoms with Crippen molar-refractivity contribution in [2.45, 2.75) is 83.5 Å². The van der Waals surface area contributed by atoms with Crippen LogP contribution in [0.15, 0.2) is 24.3 Å². The highest BCUT2D eigenvalue weighted by molar-refractivity contribution is 5.21. The lowest BCUT2D eigenvalue weighted by Gasteiger charge is -2.28. The van der Waals surface area contributed by atoms with E-state index in [9.17, 15) is 0 Å². The molecule has 0 saturated heterocycles. The molecule has 0 aliphatic heterocycles. The lowest BCUT2D eigenvalue weighted by Crippen LogP contribution is -2.35. The fraction of sp³-hybridized carbons (Fsp3) is 0.727. The summed E-state index contributed by atoms with van der Waals surface area (Å²) in [5.41, 5.74) is 2.82. The van der Waals surface area contributed by atoms with Crippen LogP contribution in [0.5, 0.6) is 0 Å². The van der Waals surface area contributed by atoms with Gasteiger partial charge in [-0.25, -0.2) is 0 Å². The summed E-state index contributed by atoms with van der Waals surface area (Å²) in [4.78, 5) is 0. The molecule has 25 heavy (non-hydrogen) atoms. The number of ether oxygens (including phenoxy) is 3. The zero-order valence-corrected chi connectivity index (χ0v) is 16.8. The van der Waals surface area contributed by atoms with E-state index in [0.29, 0.717) is 0 Å². The van der Waals surface area contributed by atoms with Gasteiger partial charge in [0.2, 0.25) is 0 Å². The van der Waals surface area contributed by atoms with Crippen LogP contribution in [0.1, 0.15) is 75.3 Å². The molecule has 0 amide bonds. The van der Waals surface area contributed by atoms with Gasteiger partial charge < -0.3 is 14.2 Å². The predicted molar refractivity (Wildman–Crippen MR) is 105 cm³/mol. The van der Waals surface area contributed by atoms with E-state index in [1.165, 1.54) is 68.9 Å². The number of methoxy groups -OCH3 is 3. The van der Waals surface area contributed by atoms with Gasteiger partial charge in [-0.1, -0.05) is 74.8 Å². The van der Waals surface area contributed by atoms with Gasteiger partial charge >= 0.3 is 0 Å². The van der Waals surface area contributed by atoms with Crippen molar-refractivity contribution in [3.05, 3.63) is 35.4 Å². The number of rotatable bonds is 15. The van der Waals surface area contributed by atoms with Gasteiger partial charge in [-0.2, -0.15) is 0 Å². The second kappa shape index (κ2) is 13.3. The molecular formula is C22H38O3. The van der Waals surface area contributed by atoms with Gasteiger partial charge in [0.05, 0.1) is 0 Å². The summed E-state index contributed by atoms with van der Waals surface area (Å²) >= 11 is 0. The van der Waals surface area contributed by atoms with Gasteiger partial charge in [0.25, 0.3) is 5.97 Å². The number of hydrogen-bond donors (Lipinski definition) is 0. The Bertz CT molecular complexity index is 415. The molecule has 144 valence electrons. The highest BCUT2D eigenvalue weighted by atomic mass is 16.9. The third kappa shape index (κ3) is 9.39. The van der Waals surface area contributed by atoms with Crippen LogP contribution in [0, 0.1) is 6.92 Å². The molecule has 0 heterocycles. The summed E-state index contributed by atoms with van der Waals surface area (Å²) in [5, 5.41) is 0. The van der Waals surface area contributed by atoms with E-state index in [4.69, 9.17) is 14.2 Å². The summed E-state index contributed by atoms with van der Waals surface area (Å²) in [6.45, 7) is 2.15. The van der Waals surface area contributed by atoms with Gasteiger partial charge in [-0.3, -0.25) is 0 Å². The van der Waals surface area contributed by atoms with Gasteiger partial charge in [-0.05, 0) is 31.7 Å². The average molecular weight is 351 g/mol. The highest BCUT2D eigenvalue weighted by Crippen LogP contribution is 2.21. The van der Waals surface area contributed by atoms with Crippen molar-refractivity contribution < 1.29 is 14.2 Å². The van der Waals surface area contributed by atoms with Crippen LogP contribution in [-0.2, 0) is 20.6 Å². The second-order valence-electron chi connectivity index (χ2n) is 6.96. The summed E-state index contributed by atoms with van der Waals surface area (Å²) in [7, 11) is 4.89. The summed E-state index contributed by atoms with van der Waals surface area (Å²) in [6.07, 6.45) is 13.7. The number of unbranched alkanes of at least 4 members (excludes halogenated alkanes) is 8. The molecule has 0 aliphatic carbocycles. The Labute approximate surface area is 155 Å². The third-order valence-electron chi connectivity index (χ3n) is 5.00. The first-order valence-electron chi connectivity index (χ1n) is 9.87. The van der Waals surface area contributed by atoms with Crippen LogP contribution < -0.4 is 0 Å². The standard InChI is InChI=1S/C22H38O3/c1-20-15-17-21(18-16-20)14-12-10-8-6-5-7-9-11-13-19-22(23-2,24-3)25-4/h15-18H,5-14,19H2,1-4H3. The van der Waals surface area contributed by atoms with Crippen LogP contribution in [-0.4, -0.2) is 27.3 Å². The smallest absolute Gasteiger partial charge is 0.282 e. The van der Waals surface area contributed by atoms with Crippen molar-refractivity contribution >= 4 is 0 Å². The molecule has 1 rings (SSSR count). The first-order valence-corrected chi connectivity index (χ1v) is 9.87. The normalized spacial score (nSPS) is 11.8. The first-order chi connectivity index (χ1) is 12.2. The maximum absolute atomic E-state index is 5.31. The molecule has 0 bridgehead atoms. The Kier molecular flexibility index (Phi) is 11.8. The largest absolute Gasteiger partial charge is 0.331 e. The SMILES string of the molecule is COC(CCCCCCCCCCCc1ccc(C)cc1)(OC)OC. The minimum Gasteiger partial charge on any atom is -0.331 e. The maximum atomic E-state index is 5.31. The highest BCUT2D eigenvalue weighted by Gasteiger charge is 2.28. The number of aryl methyl sites for hydroxylation is 2. The molecule has 0 spiro atoms. The van der Waals surface area contributed by atoms with Crippen LogP contribution in [0.4, 0.5) is 0 Å². The lowest BCUT2D eigenvalue weighted by atomic mass is 10.0. The molecule has 1 aromatic rings. The van der Waals surface area contributed by atoms with E-state index in [2.05, 4.69) is 31.2 Å². The quantitative estimate of drug-likeness (QED) is 0.285. The fourth-order valence-electron chi connectivity index (χ4n) is 3.22. The third-order valence-corrected chi connectivity index (χ3v) is 5.00. The Morgan fingerprint density at radius 3 is 1.56 bits per heavy atom. The maximum Gasteiger partial charge on any atom is 0.282 e. The van der Waals surface area contributed by atoms with Crippen molar-refractivity contribution in [3.8, 4) is 0 Å². The fourth-order valence-corrected chi connectivity index (χ4v) is 3.22. The molecule has 0 aliphatic rings. The van der Waals surface area contributed by atoms with Crippen molar-refractivity contribution in [2.24, 2.45) is 0 Å². The summed E-state index contributed by atoms with van der Waals surface area (Å²) < 4.78 is 15.9. The van der Waals surface area contributed by atoms with Crippen LogP contribution >= 0.6 is 0 Å². The van der Waals surface area contributed by atoms with Gasteiger partial charge in [0.15, 0.2) is 0 Å². The van der Waals surface area contributed by atoms with E-state index in [-0.39, 0.29) is 0 Å². The van der Waals surface area contributed by atoms with Crippen molar-refractivity contribution in [2.75, 3.05) is 21.3 Å². The molecule has 0 N–H and O–H groups in total. The van der Waals surface area contributed by atoms with Crippen molar-refractivity contribution in [1.29, 1.82) is 0 Å². The van der Waals surface area contributed by atoms with Crippen LogP contribution in [0.3, 0.4) is 0 Å². The Hall–Kier alpha value is -0.900. The van der Waals surface area contributed by atoms with Crippen molar-refractivity contribution in [3.63, 3.8) is 0 Å². The van der Waals surface area contributed by atoms with E-state index in [1.54, 1.807) is 21.3 Å².